The number of nitrogens with zero attached hydrogens (tertiary/aromatic N) is 1. The summed E-state index contributed by atoms with van der Waals surface area (Å²) in [5, 5.41) is 9.13. The number of methoxy groups -OCH3 is 1. The maximum atomic E-state index is 12.9. The number of carbonyl (C=O) groups is 3. The zero-order valence-electron chi connectivity index (χ0n) is 13.7. The fourth-order valence-electron chi connectivity index (χ4n) is 2.99. The maximum Gasteiger partial charge on any atom is 0.307 e. The highest BCUT2D eigenvalue weighted by atomic mass is 16.5. The number of anilines is 1. The van der Waals surface area contributed by atoms with Crippen molar-refractivity contribution in [3.63, 3.8) is 0 Å². The number of carboxylic acids is 1. The SMILES string of the molecule is COc1ccc(C(=O)N2C(=O)CCc3cccc(CC(=O)O)c32)cc1. The molecule has 0 spiro atoms. The Balaban J connectivity index is 2.05. The second-order valence-electron chi connectivity index (χ2n) is 5.76. The van der Waals surface area contributed by atoms with E-state index in [1.807, 2.05) is 6.07 Å². The molecule has 128 valence electrons. The number of imide groups is 1. The second kappa shape index (κ2) is 6.76. The lowest BCUT2D eigenvalue weighted by atomic mass is 9.95. The van der Waals surface area contributed by atoms with E-state index in [0.29, 0.717) is 29.0 Å². The van der Waals surface area contributed by atoms with Gasteiger partial charge in [-0.1, -0.05) is 18.2 Å². The first-order valence-corrected chi connectivity index (χ1v) is 7.85. The molecule has 1 aliphatic rings. The Morgan fingerprint density at radius 2 is 1.84 bits per heavy atom. The predicted molar refractivity (Wildman–Crippen MR) is 90.9 cm³/mol. The molecule has 25 heavy (non-hydrogen) atoms. The Labute approximate surface area is 144 Å². The summed E-state index contributed by atoms with van der Waals surface area (Å²) in [5.74, 6) is -1.20. The zero-order chi connectivity index (χ0) is 18.0. The molecule has 0 aromatic heterocycles. The first kappa shape index (κ1) is 16.7. The lowest BCUT2D eigenvalue weighted by Gasteiger charge is -2.30. The first-order chi connectivity index (χ1) is 12.0. The molecule has 0 radical (unpaired) electrons. The summed E-state index contributed by atoms with van der Waals surface area (Å²) in [7, 11) is 1.53. The van der Waals surface area contributed by atoms with Crippen molar-refractivity contribution in [2.75, 3.05) is 12.0 Å². The van der Waals surface area contributed by atoms with Gasteiger partial charge in [-0.3, -0.25) is 14.4 Å². The fraction of sp³-hybridized carbons (Fsp3) is 0.211. The summed E-state index contributed by atoms with van der Waals surface area (Å²) in [6.45, 7) is 0. The van der Waals surface area contributed by atoms with E-state index in [9.17, 15) is 14.4 Å². The maximum absolute atomic E-state index is 12.9. The van der Waals surface area contributed by atoms with E-state index in [4.69, 9.17) is 9.84 Å². The second-order valence-corrected chi connectivity index (χ2v) is 5.76. The smallest absolute Gasteiger partial charge is 0.307 e. The molecule has 2 aromatic carbocycles. The van der Waals surface area contributed by atoms with Crippen LogP contribution in [0.15, 0.2) is 42.5 Å². The standard InChI is InChI=1S/C19H17NO5/c1-25-15-8-5-13(6-9-15)19(24)20-16(21)10-7-12-3-2-4-14(18(12)20)11-17(22)23/h2-6,8-9H,7,10-11H2,1H3,(H,22,23). The Kier molecular flexibility index (Phi) is 4.52. The number of hydrogen-bond donors (Lipinski definition) is 1. The molecule has 0 saturated carbocycles. The van der Waals surface area contributed by atoms with E-state index in [2.05, 4.69) is 0 Å². The summed E-state index contributed by atoms with van der Waals surface area (Å²) in [5.41, 5.74) is 2.01. The normalized spacial score (nSPS) is 13.3. The van der Waals surface area contributed by atoms with E-state index in [0.717, 1.165) is 10.5 Å². The summed E-state index contributed by atoms with van der Waals surface area (Å²) in [4.78, 5) is 37.7. The van der Waals surface area contributed by atoms with Crippen LogP contribution in [0.5, 0.6) is 5.75 Å². The van der Waals surface area contributed by atoms with Gasteiger partial charge in [0.05, 0.1) is 19.2 Å². The number of benzene rings is 2. The minimum Gasteiger partial charge on any atom is -0.497 e. The minimum atomic E-state index is -1.01. The number of carbonyl (C=O) groups excluding carboxylic acids is 2. The molecule has 1 aliphatic heterocycles. The number of hydrogen-bond acceptors (Lipinski definition) is 4. The Hall–Kier alpha value is -3.15. The lowest BCUT2D eigenvalue weighted by Crippen LogP contribution is -2.41. The molecular formula is C19H17NO5. The molecule has 0 atom stereocenters. The van der Waals surface area contributed by atoms with Gasteiger partial charge in [-0.2, -0.15) is 0 Å². The molecule has 0 fully saturated rings. The van der Waals surface area contributed by atoms with Crippen molar-refractivity contribution in [1.82, 2.24) is 0 Å². The molecule has 2 amide bonds. The molecule has 2 aromatic rings. The van der Waals surface area contributed by atoms with Crippen LogP contribution in [0.2, 0.25) is 0 Å². The summed E-state index contributed by atoms with van der Waals surface area (Å²) in [6, 6.07) is 11.7. The van der Waals surface area contributed by atoms with Gasteiger partial charge in [0.2, 0.25) is 5.91 Å². The van der Waals surface area contributed by atoms with Crippen LogP contribution in [-0.2, 0) is 22.4 Å². The molecule has 0 aliphatic carbocycles. The number of para-hydroxylation sites is 1. The number of aliphatic carboxylic acids is 1. The van der Waals surface area contributed by atoms with Crippen molar-refractivity contribution in [2.45, 2.75) is 19.3 Å². The van der Waals surface area contributed by atoms with Crippen LogP contribution in [0.4, 0.5) is 5.69 Å². The van der Waals surface area contributed by atoms with E-state index in [1.54, 1.807) is 36.4 Å². The van der Waals surface area contributed by atoms with Crippen LogP contribution in [0.1, 0.15) is 27.9 Å². The highest BCUT2D eigenvalue weighted by Gasteiger charge is 2.32. The largest absolute Gasteiger partial charge is 0.497 e. The molecule has 6 heteroatoms. The molecule has 0 unspecified atom stereocenters. The third kappa shape index (κ3) is 3.24. The van der Waals surface area contributed by atoms with Crippen molar-refractivity contribution >= 4 is 23.5 Å². The van der Waals surface area contributed by atoms with Crippen LogP contribution in [0.25, 0.3) is 0 Å². The van der Waals surface area contributed by atoms with E-state index in [1.165, 1.54) is 7.11 Å². The van der Waals surface area contributed by atoms with Gasteiger partial charge in [0.25, 0.3) is 5.91 Å². The number of carboxylic acid groups (broad SMARTS) is 1. The Bertz CT molecular complexity index is 841. The minimum absolute atomic E-state index is 0.214. The topological polar surface area (TPSA) is 83.9 Å². The predicted octanol–water partition coefficient (Wildman–Crippen LogP) is 2.44. The van der Waals surface area contributed by atoms with Crippen molar-refractivity contribution in [3.05, 3.63) is 59.2 Å². The van der Waals surface area contributed by atoms with Crippen LogP contribution < -0.4 is 9.64 Å². The van der Waals surface area contributed by atoms with E-state index < -0.39 is 11.9 Å². The van der Waals surface area contributed by atoms with Crippen molar-refractivity contribution in [3.8, 4) is 5.75 Å². The highest BCUT2D eigenvalue weighted by Crippen LogP contribution is 2.33. The molecule has 0 saturated heterocycles. The Morgan fingerprint density at radius 3 is 2.48 bits per heavy atom. The lowest BCUT2D eigenvalue weighted by molar-refractivity contribution is -0.136. The average Bonchev–Trinajstić information content (AvgIpc) is 2.61. The van der Waals surface area contributed by atoms with Gasteiger partial charge in [0.15, 0.2) is 0 Å². The van der Waals surface area contributed by atoms with E-state index in [-0.39, 0.29) is 18.7 Å². The molecule has 1 heterocycles. The summed E-state index contributed by atoms with van der Waals surface area (Å²) in [6.07, 6.45) is 0.461. The first-order valence-electron chi connectivity index (χ1n) is 7.85. The van der Waals surface area contributed by atoms with Crippen molar-refractivity contribution in [1.29, 1.82) is 0 Å². The molecular weight excluding hydrogens is 322 g/mol. The monoisotopic (exact) mass is 339 g/mol. The van der Waals surface area contributed by atoms with Gasteiger partial charge < -0.3 is 9.84 Å². The van der Waals surface area contributed by atoms with Crippen molar-refractivity contribution < 1.29 is 24.2 Å². The number of amides is 2. The van der Waals surface area contributed by atoms with Crippen molar-refractivity contribution in [2.24, 2.45) is 0 Å². The number of rotatable bonds is 4. The highest BCUT2D eigenvalue weighted by molar-refractivity contribution is 6.22. The number of aryl methyl sites for hydroxylation is 1. The van der Waals surface area contributed by atoms with Gasteiger partial charge in [0.1, 0.15) is 5.75 Å². The number of fused-ring (bicyclic) bond motifs is 1. The van der Waals surface area contributed by atoms with Crippen LogP contribution in [-0.4, -0.2) is 30.0 Å². The van der Waals surface area contributed by atoms with Crippen LogP contribution in [0, 0.1) is 0 Å². The Morgan fingerprint density at radius 1 is 1.12 bits per heavy atom. The zero-order valence-corrected chi connectivity index (χ0v) is 13.7. The van der Waals surface area contributed by atoms with Gasteiger partial charge in [-0.15, -0.1) is 0 Å². The molecule has 3 rings (SSSR count). The van der Waals surface area contributed by atoms with Crippen LogP contribution >= 0.6 is 0 Å². The third-order valence-electron chi connectivity index (χ3n) is 4.17. The molecule has 0 bridgehead atoms. The molecule has 6 nitrogen and oxygen atoms in total. The quantitative estimate of drug-likeness (QED) is 0.865. The van der Waals surface area contributed by atoms with Gasteiger partial charge in [-0.05, 0) is 41.8 Å². The van der Waals surface area contributed by atoms with Gasteiger partial charge in [-0.25, -0.2) is 4.90 Å². The van der Waals surface area contributed by atoms with Crippen LogP contribution in [0.3, 0.4) is 0 Å². The number of ether oxygens (including phenoxy) is 1. The fourth-order valence-corrected chi connectivity index (χ4v) is 2.99. The van der Waals surface area contributed by atoms with E-state index >= 15 is 0 Å². The summed E-state index contributed by atoms with van der Waals surface area (Å²) < 4.78 is 5.08. The average molecular weight is 339 g/mol. The molecule has 1 N–H and O–H groups in total. The van der Waals surface area contributed by atoms with Gasteiger partial charge >= 0.3 is 5.97 Å². The third-order valence-corrected chi connectivity index (χ3v) is 4.17. The van der Waals surface area contributed by atoms with Gasteiger partial charge in [0, 0.05) is 12.0 Å². The summed E-state index contributed by atoms with van der Waals surface area (Å²) >= 11 is 0.